The topological polar surface area (TPSA) is 50.7 Å². The molecule has 1 N–H and O–H groups in total. The van der Waals surface area contributed by atoms with Crippen LogP contribution in [0.2, 0.25) is 0 Å². The van der Waals surface area contributed by atoms with E-state index in [1.807, 2.05) is 36.5 Å². The summed E-state index contributed by atoms with van der Waals surface area (Å²) in [5.41, 5.74) is 7.26. The van der Waals surface area contributed by atoms with Crippen molar-refractivity contribution in [2.45, 2.75) is 12.8 Å². The molecule has 106 valence electrons. The molecule has 4 nitrogen and oxygen atoms in total. The van der Waals surface area contributed by atoms with E-state index in [9.17, 15) is 0 Å². The van der Waals surface area contributed by atoms with Crippen molar-refractivity contribution in [1.29, 1.82) is 0 Å². The maximum Gasteiger partial charge on any atom is 0.0993 e. The number of para-hydroxylation sites is 2. The summed E-state index contributed by atoms with van der Waals surface area (Å²) in [6.07, 6.45) is 3.99. The van der Waals surface area contributed by atoms with Crippen molar-refractivity contribution < 1.29 is 0 Å². The van der Waals surface area contributed by atoms with Gasteiger partial charge in [0, 0.05) is 23.7 Å². The average Bonchev–Trinajstić information content (AvgIpc) is 2.61. The minimum Gasteiger partial charge on any atom is -0.383 e. The number of pyridine rings is 1. The van der Waals surface area contributed by atoms with Crippen molar-refractivity contribution in [3.8, 4) is 0 Å². The third-order valence-corrected chi connectivity index (χ3v) is 4.36. The van der Waals surface area contributed by atoms with Gasteiger partial charge >= 0.3 is 0 Å². The van der Waals surface area contributed by atoms with Crippen LogP contribution >= 0.6 is 0 Å². The molecule has 0 aliphatic carbocycles. The predicted molar refractivity (Wildman–Crippen MR) is 89.2 cm³/mol. The van der Waals surface area contributed by atoms with Crippen molar-refractivity contribution in [3.63, 3.8) is 0 Å². The van der Waals surface area contributed by atoms with Crippen molar-refractivity contribution in [2.75, 3.05) is 11.9 Å². The Morgan fingerprint density at radius 2 is 1.68 bits per heavy atom. The number of aromatic nitrogens is 3. The minimum absolute atomic E-state index is 0.934. The summed E-state index contributed by atoms with van der Waals surface area (Å²) in [6.45, 7) is 0.991. The Hall–Kier alpha value is -2.75. The number of benzene rings is 2. The second-order valence-corrected chi connectivity index (χ2v) is 5.69. The van der Waals surface area contributed by atoms with Gasteiger partial charge in [0.15, 0.2) is 0 Å². The fraction of sp³-hybridized carbons (Fsp3) is 0.167. The first kappa shape index (κ1) is 11.9. The van der Waals surface area contributed by atoms with Crippen LogP contribution in [0.5, 0.6) is 0 Å². The molecule has 4 heteroatoms. The van der Waals surface area contributed by atoms with Gasteiger partial charge in [-0.3, -0.25) is 4.98 Å². The largest absolute Gasteiger partial charge is 0.383 e. The van der Waals surface area contributed by atoms with E-state index < -0.39 is 0 Å². The van der Waals surface area contributed by atoms with Crippen LogP contribution in [0.1, 0.15) is 12.0 Å². The monoisotopic (exact) mass is 286 g/mol. The van der Waals surface area contributed by atoms with Gasteiger partial charge in [0.25, 0.3) is 0 Å². The van der Waals surface area contributed by atoms with E-state index in [1.54, 1.807) is 0 Å². The summed E-state index contributed by atoms with van der Waals surface area (Å²) >= 11 is 0. The minimum atomic E-state index is 0.934. The van der Waals surface area contributed by atoms with Crippen LogP contribution in [-0.4, -0.2) is 21.5 Å². The van der Waals surface area contributed by atoms with Gasteiger partial charge in [-0.25, -0.2) is 9.97 Å². The highest BCUT2D eigenvalue weighted by Gasteiger charge is 2.20. The average molecular weight is 286 g/mol. The molecule has 1 aliphatic rings. The third-order valence-electron chi connectivity index (χ3n) is 4.36. The zero-order valence-electron chi connectivity index (χ0n) is 12.0. The molecule has 0 saturated heterocycles. The van der Waals surface area contributed by atoms with E-state index in [-0.39, 0.29) is 0 Å². The molecule has 0 spiro atoms. The fourth-order valence-electron chi connectivity index (χ4n) is 3.37. The Kier molecular flexibility index (Phi) is 2.36. The molecule has 4 aromatic rings. The molecule has 0 amide bonds. The van der Waals surface area contributed by atoms with Gasteiger partial charge in [-0.15, -0.1) is 0 Å². The van der Waals surface area contributed by atoms with Gasteiger partial charge in [-0.05, 0) is 37.1 Å². The van der Waals surface area contributed by atoms with Crippen molar-refractivity contribution in [1.82, 2.24) is 15.0 Å². The number of hydrogen-bond acceptors (Lipinski definition) is 4. The van der Waals surface area contributed by atoms with Gasteiger partial charge in [0.1, 0.15) is 0 Å². The van der Waals surface area contributed by atoms with Crippen LogP contribution in [0, 0.1) is 0 Å². The number of anilines is 1. The van der Waals surface area contributed by atoms with Crippen molar-refractivity contribution in [2.24, 2.45) is 0 Å². The molecule has 3 heterocycles. The van der Waals surface area contributed by atoms with Gasteiger partial charge in [0.05, 0.1) is 33.3 Å². The Morgan fingerprint density at radius 3 is 2.55 bits per heavy atom. The van der Waals surface area contributed by atoms with Gasteiger partial charge < -0.3 is 5.32 Å². The molecule has 0 unspecified atom stereocenters. The normalized spacial score (nSPS) is 14.2. The molecule has 1 aliphatic heterocycles. The lowest BCUT2D eigenvalue weighted by molar-refractivity contribution is 0.836. The van der Waals surface area contributed by atoms with E-state index in [2.05, 4.69) is 16.4 Å². The van der Waals surface area contributed by atoms with E-state index in [0.29, 0.717) is 0 Å². The maximum atomic E-state index is 4.91. The smallest absolute Gasteiger partial charge is 0.0993 e. The van der Waals surface area contributed by atoms with Crippen LogP contribution < -0.4 is 5.32 Å². The van der Waals surface area contributed by atoms with Gasteiger partial charge in [-0.1, -0.05) is 12.1 Å². The third kappa shape index (κ3) is 1.55. The van der Waals surface area contributed by atoms with Gasteiger partial charge in [-0.2, -0.15) is 0 Å². The van der Waals surface area contributed by atoms with Crippen LogP contribution in [-0.2, 0) is 6.42 Å². The molecular weight excluding hydrogens is 272 g/mol. The van der Waals surface area contributed by atoms with E-state index in [1.165, 1.54) is 5.56 Å². The lowest BCUT2D eigenvalue weighted by Gasteiger charge is -2.21. The van der Waals surface area contributed by atoms with E-state index in [4.69, 9.17) is 9.97 Å². The summed E-state index contributed by atoms with van der Waals surface area (Å²) in [4.78, 5) is 14.4. The van der Waals surface area contributed by atoms with E-state index >= 15 is 0 Å². The molecule has 5 rings (SSSR count). The zero-order chi connectivity index (χ0) is 14.5. The van der Waals surface area contributed by atoms with Crippen LogP contribution in [0.15, 0.2) is 42.6 Å². The highest BCUT2D eigenvalue weighted by atomic mass is 14.9. The van der Waals surface area contributed by atoms with Crippen molar-refractivity contribution >= 4 is 38.7 Å². The first-order valence-electron chi connectivity index (χ1n) is 7.62. The molecule has 0 saturated carbocycles. The molecular formula is C18H14N4. The number of nitrogens with zero attached hydrogens (tertiary/aromatic N) is 3. The van der Waals surface area contributed by atoms with Crippen molar-refractivity contribution in [3.05, 3.63) is 48.2 Å². The zero-order valence-corrected chi connectivity index (χ0v) is 12.0. The second-order valence-electron chi connectivity index (χ2n) is 5.69. The lowest BCUT2D eigenvalue weighted by Crippen LogP contribution is -2.13. The second kappa shape index (κ2) is 4.37. The fourth-order valence-corrected chi connectivity index (χ4v) is 3.37. The SMILES string of the molecule is c1ccc2nc3c(nc2c1)c1c(c2ncccc23)NCCC1. The highest BCUT2D eigenvalue weighted by molar-refractivity contribution is 6.12. The molecule has 0 radical (unpaired) electrons. The summed E-state index contributed by atoms with van der Waals surface area (Å²) in [5, 5.41) is 4.59. The Morgan fingerprint density at radius 1 is 0.864 bits per heavy atom. The first-order valence-corrected chi connectivity index (χ1v) is 7.62. The number of fused-ring (bicyclic) bond motifs is 7. The quantitative estimate of drug-likeness (QED) is 0.395. The summed E-state index contributed by atoms with van der Waals surface area (Å²) in [5.74, 6) is 0. The Labute approximate surface area is 127 Å². The van der Waals surface area contributed by atoms with Gasteiger partial charge in [0.2, 0.25) is 0 Å². The maximum absolute atomic E-state index is 4.91. The predicted octanol–water partition coefficient (Wildman–Crippen LogP) is 3.69. The first-order chi connectivity index (χ1) is 10.9. The Balaban J connectivity index is 2.06. The highest BCUT2D eigenvalue weighted by Crippen LogP contribution is 2.36. The molecule has 2 aromatic heterocycles. The summed E-state index contributed by atoms with van der Waals surface area (Å²) in [7, 11) is 0. The standard InChI is InChI=1S/C18H14N4/c1-2-8-14-13(7-1)21-17-11-5-3-9-19-15(11)16-12(18(17)22-14)6-4-10-20-16/h1-3,5,7-9,20H,4,6,10H2. The van der Waals surface area contributed by atoms with E-state index in [0.717, 1.165) is 58.0 Å². The molecule has 0 bridgehead atoms. The number of rotatable bonds is 0. The summed E-state index contributed by atoms with van der Waals surface area (Å²) in [6, 6.07) is 12.1. The number of nitrogens with one attached hydrogen (secondary N) is 1. The lowest BCUT2D eigenvalue weighted by atomic mass is 9.98. The summed E-state index contributed by atoms with van der Waals surface area (Å²) < 4.78 is 0. The Bertz CT molecular complexity index is 1040. The molecule has 2 aromatic carbocycles. The van der Waals surface area contributed by atoms with Crippen LogP contribution in [0.4, 0.5) is 5.69 Å². The molecule has 0 atom stereocenters. The number of hydrogen-bond donors (Lipinski definition) is 1. The molecule has 0 fully saturated rings. The van der Waals surface area contributed by atoms with Crippen LogP contribution in [0.3, 0.4) is 0 Å². The van der Waals surface area contributed by atoms with Crippen LogP contribution in [0.25, 0.3) is 33.0 Å². The molecule has 22 heavy (non-hydrogen) atoms. The number of aryl methyl sites for hydroxylation is 1.